The van der Waals surface area contributed by atoms with Crippen LogP contribution in [0.2, 0.25) is 5.02 Å². The predicted octanol–water partition coefficient (Wildman–Crippen LogP) is 2.47. The first-order valence-electron chi connectivity index (χ1n) is 5.14. The molecule has 0 aliphatic rings. The number of aryl methyl sites for hydroxylation is 1. The molecular formula is C11H11ClFN3O. The number of aromatic nitrogens is 2. The second-order valence-corrected chi connectivity index (χ2v) is 3.98. The molecule has 2 rings (SSSR count). The van der Waals surface area contributed by atoms with E-state index < -0.39 is 11.9 Å². The van der Waals surface area contributed by atoms with E-state index >= 15 is 0 Å². The zero-order valence-corrected chi connectivity index (χ0v) is 9.91. The highest BCUT2D eigenvalue weighted by atomic mass is 35.5. The van der Waals surface area contributed by atoms with E-state index in [-0.39, 0.29) is 11.4 Å². The Morgan fingerprint density at radius 2 is 2.29 bits per heavy atom. The first-order valence-corrected chi connectivity index (χ1v) is 5.52. The minimum Gasteiger partial charge on any atom is -0.339 e. The molecule has 2 aromatic rings. The second-order valence-electron chi connectivity index (χ2n) is 3.54. The summed E-state index contributed by atoms with van der Waals surface area (Å²) in [5, 5.41) is 4.13. The number of nitrogens with zero attached hydrogens (tertiary/aromatic N) is 2. The van der Waals surface area contributed by atoms with Gasteiger partial charge in [-0.15, -0.1) is 0 Å². The highest BCUT2D eigenvalue weighted by molar-refractivity contribution is 6.30. The Kier molecular flexibility index (Phi) is 3.40. The van der Waals surface area contributed by atoms with Crippen LogP contribution in [0.3, 0.4) is 0 Å². The second kappa shape index (κ2) is 4.81. The van der Waals surface area contributed by atoms with E-state index in [9.17, 15) is 4.39 Å². The van der Waals surface area contributed by atoms with Gasteiger partial charge < -0.3 is 10.3 Å². The normalized spacial score (nSPS) is 12.7. The van der Waals surface area contributed by atoms with E-state index in [1.54, 1.807) is 0 Å². The first kappa shape index (κ1) is 12.0. The summed E-state index contributed by atoms with van der Waals surface area (Å²) < 4.78 is 18.5. The summed E-state index contributed by atoms with van der Waals surface area (Å²) in [5.41, 5.74) is 6.12. The third-order valence-electron chi connectivity index (χ3n) is 2.36. The monoisotopic (exact) mass is 255 g/mol. The smallest absolute Gasteiger partial charge is 0.226 e. The van der Waals surface area contributed by atoms with Crippen LogP contribution in [0.25, 0.3) is 0 Å². The number of nitrogens with two attached hydrogens (primary N) is 1. The fourth-order valence-electron chi connectivity index (χ4n) is 1.43. The molecule has 0 amide bonds. The van der Waals surface area contributed by atoms with Gasteiger partial charge in [0.15, 0.2) is 5.82 Å². The van der Waals surface area contributed by atoms with Crippen molar-refractivity contribution in [2.75, 3.05) is 0 Å². The molecule has 1 heterocycles. The SMILES string of the molecule is CCc1nc(C(N)c2cc(Cl)ccc2F)no1. The van der Waals surface area contributed by atoms with Crippen LogP contribution in [0.4, 0.5) is 4.39 Å². The molecule has 0 saturated heterocycles. The lowest BCUT2D eigenvalue weighted by Gasteiger charge is -2.08. The van der Waals surface area contributed by atoms with Crippen LogP contribution >= 0.6 is 11.6 Å². The van der Waals surface area contributed by atoms with Crippen molar-refractivity contribution < 1.29 is 8.91 Å². The van der Waals surface area contributed by atoms with Gasteiger partial charge in [0.25, 0.3) is 0 Å². The molecule has 90 valence electrons. The van der Waals surface area contributed by atoms with Crippen molar-refractivity contribution in [3.8, 4) is 0 Å². The molecule has 4 nitrogen and oxygen atoms in total. The molecule has 0 aliphatic heterocycles. The summed E-state index contributed by atoms with van der Waals surface area (Å²) >= 11 is 5.79. The third-order valence-corrected chi connectivity index (χ3v) is 2.59. The molecule has 1 aromatic carbocycles. The number of rotatable bonds is 3. The van der Waals surface area contributed by atoms with Crippen molar-refractivity contribution in [1.82, 2.24) is 10.1 Å². The fourth-order valence-corrected chi connectivity index (χ4v) is 1.61. The fraction of sp³-hybridized carbons (Fsp3) is 0.273. The molecule has 0 saturated carbocycles. The Morgan fingerprint density at radius 3 is 2.94 bits per heavy atom. The van der Waals surface area contributed by atoms with Gasteiger partial charge in [-0.2, -0.15) is 4.98 Å². The van der Waals surface area contributed by atoms with Gasteiger partial charge in [0.1, 0.15) is 5.82 Å². The van der Waals surface area contributed by atoms with Crippen molar-refractivity contribution >= 4 is 11.6 Å². The minimum atomic E-state index is -0.780. The lowest BCUT2D eigenvalue weighted by Crippen LogP contribution is -2.15. The number of benzene rings is 1. The maximum absolute atomic E-state index is 13.6. The van der Waals surface area contributed by atoms with Gasteiger partial charge in [-0.3, -0.25) is 0 Å². The molecule has 1 atom stereocenters. The largest absolute Gasteiger partial charge is 0.339 e. The Bertz CT molecular complexity index is 529. The van der Waals surface area contributed by atoms with E-state index in [0.717, 1.165) is 0 Å². The van der Waals surface area contributed by atoms with Gasteiger partial charge in [0, 0.05) is 17.0 Å². The first-order chi connectivity index (χ1) is 8.11. The number of hydrogen-bond acceptors (Lipinski definition) is 4. The molecule has 17 heavy (non-hydrogen) atoms. The van der Waals surface area contributed by atoms with Crippen molar-refractivity contribution in [3.05, 3.63) is 46.3 Å². The molecule has 0 aliphatic carbocycles. The minimum absolute atomic E-state index is 0.251. The molecule has 1 aromatic heterocycles. The van der Waals surface area contributed by atoms with Crippen LogP contribution in [0.5, 0.6) is 0 Å². The van der Waals surface area contributed by atoms with Crippen LogP contribution < -0.4 is 5.73 Å². The zero-order chi connectivity index (χ0) is 12.4. The van der Waals surface area contributed by atoms with Crippen LogP contribution in [-0.2, 0) is 6.42 Å². The van der Waals surface area contributed by atoms with Gasteiger partial charge in [-0.1, -0.05) is 23.7 Å². The molecular weight excluding hydrogens is 245 g/mol. The van der Waals surface area contributed by atoms with E-state index in [1.165, 1.54) is 18.2 Å². The van der Waals surface area contributed by atoms with E-state index in [1.807, 2.05) is 6.92 Å². The Morgan fingerprint density at radius 1 is 1.53 bits per heavy atom. The highest BCUT2D eigenvalue weighted by Gasteiger charge is 2.19. The van der Waals surface area contributed by atoms with Crippen molar-refractivity contribution in [1.29, 1.82) is 0 Å². The third kappa shape index (κ3) is 2.45. The maximum Gasteiger partial charge on any atom is 0.226 e. The quantitative estimate of drug-likeness (QED) is 0.915. The molecule has 0 radical (unpaired) electrons. The van der Waals surface area contributed by atoms with E-state index in [2.05, 4.69) is 10.1 Å². The molecule has 6 heteroatoms. The van der Waals surface area contributed by atoms with Crippen molar-refractivity contribution in [3.63, 3.8) is 0 Å². The maximum atomic E-state index is 13.6. The topological polar surface area (TPSA) is 64.9 Å². The summed E-state index contributed by atoms with van der Waals surface area (Å²) in [4.78, 5) is 4.06. The lowest BCUT2D eigenvalue weighted by atomic mass is 10.1. The van der Waals surface area contributed by atoms with Crippen LogP contribution in [0, 0.1) is 5.82 Å². The van der Waals surface area contributed by atoms with Crippen LogP contribution in [0.1, 0.15) is 30.2 Å². The highest BCUT2D eigenvalue weighted by Crippen LogP contribution is 2.23. The van der Waals surface area contributed by atoms with Gasteiger partial charge in [0.2, 0.25) is 5.89 Å². The molecule has 0 spiro atoms. The van der Waals surface area contributed by atoms with Crippen LogP contribution in [-0.4, -0.2) is 10.1 Å². The average Bonchev–Trinajstić information content (AvgIpc) is 2.80. The predicted molar refractivity (Wildman–Crippen MR) is 61.1 cm³/mol. The summed E-state index contributed by atoms with van der Waals surface area (Å²) in [6.07, 6.45) is 0.609. The van der Waals surface area contributed by atoms with Gasteiger partial charge in [0.05, 0.1) is 6.04 Å². The average molecular weight is 256 g/mol. The van der Waals surface area contributed by atoms with Crippen molar-refractivity contribution in [2.45, 2.75) is 19.4 Å². The summed E-state index contributed by atoms with van der Waals surface area (Å²) in [6, 6.07) is 3.40. The van der Waals surface area contributed by atoms with Gasteiger partial charge >= 0.3 is 0 Å². The van der Waals surface area contributed by atoms with Gasteiger partial charge in [-0.25, -0.2) is 4.39 Å². The molecule has 0 bridgehead atoms. The molecule has 2 N–H and O–H groups in total. The summed E-state index contributed by atoms with van der Waals surface area (Å²) in [5.74, 6) is 0.283. The number of halogens is 2. The standard InChI is InChI=1S/C11H11ClFN3O/c1-2-9-15-11(16-17-9)10(14)7-5-6(12)3-4-8(7)13/h3-5,10H,2,14H2,1H3. The Balaban J connectivity index is 2.35. The van der Waals surface area contributed by atoms with Gasteiger partial charge in [-0.05, 0) is 18.2 Å². The Hall–Kier alpha value is -1.46. The number of hydrogen-bond donors (Lipinski definition) is 1. The summed E-state index contributed by atoms with van der Waals surface area (Å²) in [7, 11) is 0. The summed E-state index contributed by atoms with van der Waals surface area (Å²) in [6.45, 7) is 1.88. The van der Waals surface area contributed by atoms with E-state index in [0.29, 0.717) is 17.3 Å². The van der Waals surface area contributed by atoms with Crippen LogP contribution in [0.15, 0.2) is 22.7 Å². The zero-order valence-electron chi connectivity index (χ0n) is 9.15. The van der Waals surface area contributed by atoms with Crippen molar-refractivity contribution in [2.24, 2.45) is 5.73 Å². The molecule has 1 unspecified atom stereocenters. The lowest BCUT2D eigenvalue weighted by molar-refractivity contribution is 0.374. The Labute approximate surface area is 103 Å². The van der Waals surface area contributed by atoms with E-state index in [4.69, 9.17) is 21.9 Å². The molecule has 0 fully saturated rings.